The Hall–Kier alpha value is -0.120. The van der Waals surface area contributed by atoms with Gasteiger partial charge in [0.1, 0.15) is 0 Å². The van der Waals surface area contributed by atoms with Gasteiger partial charge in [0, 0.05) is 17.5 Å². The molecule has 4 fully saturated rings. The number of nitrogens with one attached hydrogen (secondary N) is 2. The second kappa shape index (κ2) is 7.54. The van der Waals surface area contributed by atoms with E-state index in [1.165, 1.54) is 57.8 Å². The molecular weight excluding hydrogens is 344 g/mol. The minimum atomic E-state index is -0.528. The molecule has 0 aromatic rings. The summed E-state index contributed by atoms with van der Waals surface area (Å²) in [6.45, 7) is 11.5. The van der Waals surface area contributed by atoms with Crippen molar-refractivity contribution in [1.29, 1.82) is 0 Å². The van der Waals surface area contributed by atoms with Crippen molar-refractivity contribution in [1.82, 2.24) is 10.9 Å². The predicted molar refractivity (Wildman–Crippen MR) is 117 cm³/mol. The van der Waals surface area contributed by atoms with Gasteiger partial charge in [-0.3, -0.25) is 10.9 Å². The van der Waals surface area contributed by atoms with Crippen molar-refractivity contribution in [2.45, 2.75) is 123 Å². The molecule has 3 aliphatic carbocycles. The Morgan fingerprint density at radius 1 is 1.00 bits per heavy atom. The smallest absolute Gasteiger partial charge is 0.0591 e. The van der Waals surface area contributed by atoms with E-state index in [-0.39, 0.29) is 0 Å². The average molecular weight is 391 g/mol. The molecule has 1 saturated heterocycles. The summed E-state index contributed by atoms with van der Waals surface area (Å²) in [7, 11) is 0. The van der Waals surface area contributed by atoms with Gasteiger partial charge in [0.2, 0.25) is 0 Å². The Bertz CT molecular complexity index is 557. The monoisotopic (exact) mass is 390 g/mol. The topological polar surface area (TPSA) is 44.3 Å². The number of hydrogen-bond donors (Lipinski definition) is 3. The second-order valence-electron chi connectivity index (χ2n) is 12.3. The van der Waals surface area contributed by atoms with Crippen LogP contribution in [-0.2, 0) is 0 Å². The van der Waals surface area contributed by atoms with Gasteiger partial charge in [-0.15, -0.1) is 0 Å². The minimum absolute atomic E-state index is 0.382. The fraction of sp³-hybridized carbons (Fsp3) is 1.00. The maximum absolute atomic E-state index is 10.1. The zero-order valence-corrected chi connectivity index (χ0v) is 19.2. The molecule has 3 N–H and O–H groups in total. The lowest BCUT2D eigenvalue weighted by Gasteiger charge is -2.60. The number of hydrogen-bond acceptors (Lipinski definition) is 3. The summed E-state index contributed by atoms with van der Waals surface area (Å²) in [5.74, 6) is 3.45. The summed E-state index contributed by atoms with van der Waals surface area (Å²) in [5.41, 5.74) is 8.11. The highest BCUT2D eigenvalue weighted by atomic mass is 16.3. The molecular formula is C25H46N2O. The molecule has 0 amide bonds. The van der Waals surface area contributed by atoms with Gasteiger partial charge >= 0.3 is 0 Å². The standard InChI is InChI=1S/C25H46N2O/c1-17(9-8-14-23(2,3)28)21-25(5)16-13-20-19(22(25)27-26-21)12-11-18-10-6-7-15-24(18,20)4/h17-22,26-28H,6-16H2,1-5H3/t17-,18?,19-,20+,21-,22+,24+,25-/m1/s1. The summed E-state index contributed by atoms with van der Waals surface area (Å²) in [4.78, 5) is 0. The van der Waals surface area contributed by atoms with E-state index < -0.39 is 5.60 Å². The highest BCUT2D eigenvalue weighted by Crippen LogP contribution is 2.62. The molecule has 8 atom stereocenters. The van der Waals surface area contributed by atoms with E-state index in [2.05, 4.69) is 31.6 Å². The van der Waals surface area contributed by atoms with Crippen molar-refractivity contribution in [3.63, 3.8) is 0 Å². The molecule has 28 heavy (non-hydrogen) atoms. The van der Waals surface area contributed by atoms with Crippen LogP contribution < -0.4 is 10.9 Å². The van der Waals surface area contributed by atoms with Crippen LogP contribution in [0.2, 0.25) is 0 Å². The maximum atomic E-state index is 10.1. The lowest BCUT2D eigenvalue weighted by molar-refractivity contribution is -0.0901. The fourth-order valence-corrected chi connectivity index (χ4v) is 8.31. The quantitative estimate of drug-likeness (QED) is 0.586. The average Bonchev–Trinajstić information content (AvgIpc) is 2.97. The van der Waals surface area contributed by atoms with Crippen LogP contribution in [0.1, 0.15) is 105 Å². The first kappa shape index (κ1) is 21.1. The molecule has 1 heterocycles. The molecule has 1 aliphatic heterocycles. The number of rotatable bonds is 5. The van der Waals surface area contributed by atoms with E-state index in [0.717, 1.165) is 30.6 Å². The van der Waals surface area contributed by atoms with Crippen LogP contribution in [0, 0.1) is 34.5 Å². The molecule has 3 heteroatoms. The zero-order valence-electron chi connectivity index (χ0n) is 19.2. The van der Waals surface area contributed by atoms with Crippen molar-refractivity contribution < 1.29 is 5.11 Å². The Kier molecular flexibility index (Phi) is 5.69. The van der Waals surface area contributed by atoms with Gasteiger partial charge in [0.15, 0.2) is 0 Å². The third kappa shape index (κ3) is 3.58. The summed E-state index contributed by atoms with van der Waals surface area (Å²) in [6, 6.07) is 1.21. The van der Waals surface area contributed by atoms with Crippen LogP contribution in [0.25, 0.3) is 0 Å². The number of aliphatic hydroxyl groups is 1. The van der Waals surface area contributed by atoms with Gasteiger partial charge in [-0.1, -0.05) is 40.0 Å². The molecule has 3 saturated carbocycles. The number of hydrazine groups is 1. The molecule has 162 valence electrons. The van der Waals surface area contributed by atoms with Crippen LogP contribution in [0.3, 0.4) is 0 Å². The third-order valence-electron chi connectivity index (χ3n) is 9.92. The molecule has 0 bridgehead atoms. The van der Waals surface area contributed by atoms with E-state index >= 15 is 0 Å². The molecule has 1 unspecified atom stereocenters. The Balaban J connectivity index is 1.45. The maximum Gasteiger partial charge on any atom is 0.0591 e. The predicted octanol–water partition coefficient (Wildman–Crippen LogP) is 5.43. The van der Waals surface area contributed by atoms with Crippen molar-refractivity contribution in [2.24, 2.45) is 34.5 Å². The normalized spacial score (nSPS) is 47.1. The van der Waals surface area contributed by atoms with Gasteiger partial charge in [-0.2, -0.15) is 0 Å². The minimum Gasteiger partial charge on any atom is -0.390 e. The molecule has 0 aromatic heterocycles. The van der Waals surface area contributed by atoms with Gasteiger partial charge < -0.3 is 5.11 Å². The second-order valence-corrected chi connectivity index (χ2v) is 12.3. The first-order valence-electron chi connectivity index (χ1n) is 12.4. The molecule has 4 aliphatic rings. The summed E-state index contributed by atoms with van der Waals surface area (Å²) in [5, 5.41) is 10.1. The Morgan fingerprint density at radius 3 is 2.54 bits per heavy atom. The van der Waals surface area contributed by atoms with Crippen LogP contribution in [0.4, 0.5) is 0 Å². The van der Waals surface area contributed by atoms with Crippen LogP contribution in [0.15, 0.2) is 0 Å². The van der Waals surface area contributed by atoms with Crippen LogP contribution in [0.5, 0.6) is 0 Å². The highest BCUT2D eigenvalue weighted by Gasteiger charge is 2.60. The zero-order chi connectivity index (χ0) is 20.2. The van der Waals surface area contributed by atoms with Crippen LogP contribution in [-0.4, -0.2) is 22.8 Å². The van der Waals surface area contributed by atoms with Gasteiger partial charge in [0.25, 0.3) is 0 Å². The molecule has 0 spiro atoms. The highest BCUT2D eigenvalue weighted by molar-refractivity contribution is 5.13. The largest absolute Gasteiger partial charge is 0.390 e. The van der Waals surface area contributed by atoms with Crippen molar-refractivity contribution in [3.05, 3.63) is 0 Å². The molecule has 0 radical (unpaired) electrons. The SMILES string of the molecule is C[C@H](CCCC(C)(C)O)[C@H]1NN[C@H]2[C@@H]3CCC4CCCC[C@]4(C)[C@H]3CC[C@]12C. The lowest BCUT2D eigenvalue weighted by Crippen LogP contribution is -2.58. The van der Waals surface area contributed by atoms with E-state index in [0.29, 0.717) is 28.8 Å². The molecule has 0 aromatic carbocycles. The number of fused-ring (bicyclic) bond motifs is 5. The molecule has 3 nitrogen and oxygen atoms in total. The lowest BCUT2D eigenvalue weighted by atomic mass is 9.45. The first-order chi connectivity index (χ1) is 13.2. The molecule has 4 rings (SSSR count). The summed E-state index contributed by atoms with van der Waals surface area (Å²) < 4.78 is 0. The Labute approximate surface area is 173 Å². The van der Waals surface area contributed by atoms with Gasteiger partial charge in [-0.25, -0.2) is 0 Å². The van der Waals surface area contributed by atoms with E-state index in [1.807, 2.05) is 13.8 Å². The van der Waals surface area contributed by atoms with E-state index in [1.54, 1.807) is 0 Å². The van der Waals surface area contributed by atoms with Crippen LogP contribution >= 0.6 is 0 Å². The van der Waals surface area contributed by atoms with Gasteiger partial charge in [-0.05, 0) is 94.3 Å². The van der Waals surface area contributed by atoms with Crippen molar-refractivity contribution in [2.75, 3.05) is 0 Å². The summed E-state index contributed by atoms with van der Waals surface area (Å²) in [6.07, 6.45) is 14.9. The fourth-order valence-electron chi connectivity index (χ4n) is 8.31. The first-order valence-corrected chi connectivity index (χ1v) is 12.4. The van der Waals surface area contributed by atoms with E-state index in [9.17, 15) is 5.11 Å². The van der Waals surface area contributed by atoms with Crippen molar-refractivity contribution >= 4 is 0 Å². The third-order valence-corrected chi connectivity index (χ3v) is 9.92. The van der Waals surface area contributed by atoms with Crippen molar-refractivity contribution in [3.8, 4) is 0 Å². The summed E-state index contributed by atoms with van der Waals surface area (Å²) >= 11 is 0. The van der Waals surface area contributed by atoms with Gasteiger partial charge in [0.05, 0.1) is 5.60 Å². The Morgan fingerprint density at radius 2 is 1.79 bits per heavy atom. The van der Waals surface area contributed by atoms with E-state index in [4.69, 9.17) is 0 Å².